The number of halogens is 1. The predicted octanol–water partition coefficient (Wildman–Crippen LogP) is 0.661. The van der Waals surface area contributed by atoms with Crippen LogP contribution in [0.4, 0.5) is 10.1 Å². The van der Waals surface area contributed by atoms with Gasteiger partial charge in [0.2, 0.25) is 0 Å². The molecule has 1 rings (SSSR count). The molecule has 0 fully saturated rings. The smallest absolute Gasteiger partial charge is 0.322 e. The highest BCUT2D eigenvalue weighted by molar-refractivity contribution is 5.99. The number of rotatable bonds is 3. The fourth-order valence-corrected chi connectivity index (χ4v) is 1.11. The average Bonchev–Trinajstić information content (AvgIpc) is 2.10. The van der Waals surface area contributed by atoms with E-state index >= 15 is 0 Å². The lowest BCUT2D eigenvalue weighted by Gasteiger charge is -2.08. The molecule has 0 radical (unpaired) electrons. The first-order valence-corrected chi connectivity index (χ1v) is 3.94. The number of nitrogens with two attached hydrogens (primary N) is 1. The third-order valence-electron chi connectivity index (χ3n) is 1.85. The van der Waals surface area contributed by atoms with E-state index in [9.17, 15) is 14.0 Å². The summed E-state index contributed by atoms with van der Waals surface area (Å²) in [5, 5.41) is 17.2. The van der Waals surface area contributed by atoms with E-state index in [0.717, 1.165) is 12.1 Å². The van der Waals surface area contributed by atoms with E-state index in [4.69, 9.17) is 15.9 Å². The fraction of sp³-hybridized carbons (Fsp3) is 0.111. The summed E-state index contributed by atoms with van der Waals surface area (Å²) < 4.78 is 13.0. The Balaban J connectivity index is 3.18. The molecule has 0 heterocycles. The largest absolute Gasteiger partial charge is 0.480 e. The van der Waals surface area contributed by atoms with Crippen molar-refractivity contribution in [3.8, 4) is 0 Å². The molecule has 0 saturated carbocycles. The van der Waals surface area contributed by atoms with Gasteiger partial charge in [0.25, 0.3) is 0 Å². The molecule has 80 valence electrons. The summed E-state index contributed by atoms with van der Waals surface area (Å²) in [6.45, 7) is 0. The molecule has 0 aliphatic carbocycles. The molecule has 0 amide bonds. The van der Waals surface area contributed by atoms with Crippen molar-refractivity contribution in [1.82, 2.24) is 0 Å². The lowest BCUT2D eigenvalue weighted by molar-refractivity contribution is -0.150. The first-order chi connectivity index (χ1) is 6.93. The Labute approximate surface area is 83.9 Å². The summed E-state index contributed by atoms with van der Waals surface area (Å²) in [5.41, 5.74) is 4.86. The van der Waals surface area contributed by atoms with Crippen molar-refractivity contribution in [3.63, 3.8) is 0 Å². The van der Waals surface area contributed by atoms with Crippen molar-refractivity contribution in [2.45, 2.75) is 5.92 Å². The van der Waals surface area contributed by atoms with Crippen molar-refractivity contribution in [2.24, 2.45) is 0 Å². The van der Waals surface area contributed by atoms with Crippen LogP contribution in [0.2, 0.25) is 0 Å². The number of carboxylic acids is 2. The molecule has 0 aliphatic rings. The highest BCUT2D eigenvalue weighted by Gasteiger charge is 2.28. The van der Waals surface area contributed by atoms with Gasteiger partial charge in [0.15, 0.2) is 5.92 Å². The first kappa shape index (κ1) is 11.0. The van der Waals surface area contributed by atoms with Crippen molar-refractivity contribution in [1.29, 1.82) is 0 Å². The molecule has 1 aromatic rings. The van der Waals surface area contributed by atoms with Gasteiger partial charge in [-0.25, -0.2) is 4.39 Å². The van der Waals surface area contributed by atoms with E-state index in [0.29, 0.717) is 0 Å². The van der Waals surface area contributed by atoms with Crippen LogP contribution >= 0.6 is 0 Å². The minimum absolute atomic E-state index is 0.151. The van der Waals surface area contributed by atoms with Gasteiger partial charge in [-0.1, -0.05) is 6.07 Å². The molecule has 1 aromatic carbocycles. The maximum absolute atomic E-state index is 13.0. The third-order valence-corrected chi connectivity index (χ3v) is 1.85. The molecule has 4 N–H and O–H groups in total. The van der Waals surface area contributed by atoms with Gasteiger partial charge < -0.3 is 15.9 Å². The van der Waals surface area contributed by atoms with Gasteiger partial charge in [-0.15, -0.1) is 0 Å². The Morgan fingerprint density at radius 3 is 2.20 bits per heavy atom. The molecule has 5 nitrogen and oxygen atoms in total. The normalized spacial score (nSPS) is 10.3. The van der Waals surface area contributed by atoms with E-state index < -0.39 is 23.7 Å². The first-order valence-electron chi connectivity index (χ1n) is 3.94. The van der Waals surface area contributed by atoms with Crippen LogP contribution in [0.3, 0.4) is 0 Å². The third kappa shape index (κ3) is 2.22. The van der Waals surface area contributed by atoms with E-state index in [2.05, 4.69) is 0 Å². The number of hydrogen-bond donors (Lipinski definition) is 3. The SMILES string of the molecule is Nc1ccc(C(C(=O)O)C(=O)O)cc1F. The fourth-order valence-electron chi connectivity index (χ4n) is 1.11. The lowest BCUT2D eigenvalue weighted by atomic mass is 9.99. The minimum Gasteiger partial charge on any atom is -0.480 e. The zero-order valence-corrected chi connectivity index (χ0v) is 7.48. The predicted molar refractivity (Wildman–Crippen MR) is 48.8 cm³/mol. The van der Waals surface area contributed by atoms with Gasteiger partial charge >= 0.3 is 11.9 Å². The second-order valence-corrected chi connectivity index (χ2v) is 2.89. The number of aliphatic carboxylic acids is 2. The van der Waals surface area contributed by atoms with E-state index in [1.165, 1.54) is 6.07 Å². The summed E-state index contributed by atoms with van der Waals surface area (Å²) in [4.78, 5) is 21.2. The minimum atomic E-state index is -1.78. The molecule has 0 spiro atoms. The lowest BCUT2D eigenvalue weighted by Crippen LogP contribution is -2.21. The number of anilines is 1. The Hall–Kier alpha value is -2.11. The summed E-state index contributed by atoms with van der Waals surface area (Å²) in [7, 11) is 0. The van der Waals surface area contributed by atoms with Crippen LogP contribution in [0, 0.1) is 5.82 Å². The molecule has 0 aliphatic heterocycles. The van der Waals surface area contributed by atoms with E-state index in [1.807, 2.05) is 0 Å². The zero-order chi connectivity index (χ0) is 11.6. The molecule has 0 aromatic heterocycles. The summed E-state index contributed by atoms with van der Waals surface area (Å²) in [6, 6.07) is 3.11. The second kappa shape index (κ2) is 3.95. The molecule has 0 saturated heterocycles. The second-order valence-electron chi connectivity index (χ2n) is 2.89. The Morgan fingerprint density at radius 1 is 1.27 bits per heavy atom. The van der Waals surface area contributed by atoms with Crippen LogP contribution in [0.5, 0.6) is 0 Å². The van der Waals surface area contributed by atoms with Crippen LogP contribution in [0.25, 0.3) is 0 Å². The summed E-state index contributed by atoms with van der Waals surface area (Å²) in [6.07, 6.45) is 0. The average molecular weight is 213 g/mol. The summed E-state index contributed by atoms with van der Waals surface area (Å²) >= 11 is 0. The van der Waals surface area contributed by atoms with Crippen LogP contribution in [0.15, 0.2) is 18.2 Å². The molecule has 15 heavy (non-hydrogen) atoms. The molecular formula is C9H8FNO4. The van der Waals surface area contributed by atoms with Crippen molar-refractivity contribution < 1.29 is 24.2 Å². The monoisotopic (exact) mass is 213 g/mol. The molecule has 0 atom stereocenters. The standard InChI is InChI=1S/C9H8FNO4/c10-5-3-4(1-2-6(5)11)7(8(12)13)9(14)15/h1-3,7H,11H2,(H,12,13)(H,14,15). The Bertz CT molecular complexity index is 405. The van der Waals surface area contributed by atoms with Gasteiger partial charge in [-0.3, -0.25) is 9.59 Å². The van der Waals surface area contributed by atoms with Gasteiger partial charge in [-0.2, -0.15) is 0 Å². The topological polar surface area (TPSA) is 101 Å². The number of carboxylic acid groups (broad SMARTS) is 2. The number of carbonyl (C=O) groups is 2. The van der Waals surface area contributed by atoms with Gasteiger partial charge in [0.05, 0.1) is 5.69 Å². The number of nitrogen functional groups attached to an aromatic ring is 1. The van der Waals surface area contributed by atoms with E-state index in [1.54, 1.807) is 0 Å². The molecule has 6 heteroatoms. The van der Waals surface area contributed by atoms with Crippen LogP contribution in [-0.2, 0) is 9.59 Å². The Morgan fingerprint density at radius 2 is 1.80 bits per heavy atom. The molecule has 0 unspecified atom stereocenters. The van der Waals surface area contributed by atoms with Gasteiger partial charge in [0, 0.05) is 0 Å². The maximum atomic E-state index is 13.0. The number of hydrogen-bond acceptors (Lipinski definition) is 3. The summed E-state index contributed by atoms with van der Waals surface area (Å²) in [5.74, 6) is -5.71. The van der Waals surface area contributed by atoms with Crippen molar-refractivity contribution in [3.05, 3.63) is 29.6 Å². The molecular weight excluding hydrogens is 205 g/mol. The van der Waals surface area contributed by atoms with Crippen LogP contribution in [-0.4, -0.2) is 22.2 Å². The highest BCUT2D eigenvalue weighted by Crippen LogP contribution is 2.20. The van der Waals surface area contributed by atoms with E-state index in [-0.39, 0.29) is 11.3 Å². The van der Waals surface area contributed by atoms with Gasteiger partial charge in [-0.05, 0) is 17.7 Å². The van der Waals surface area contributed by atoms with Gasteiger partial charge in [0.1, 0.15) is 5.82 Å². The quantitative estimate of drug-likeness (QED) is 0.505. The number of benzene rings is 1. The molecule has 0 bridgehead atoms. The van der Waals surface area contributed by atoms with Crippen LogP contribution in [0.1, 0.15) is 11.5 Å². The zero-order valence-electron chi connectivity index (χ0n) is 7.48. The maximum Gasteiger partial charge on any atom is 0.322 e. The van der Waals surface area contributed by atoms with Crippen molar-refractivity contribution >= 4 is 17.6 Å². The Kier molecular flexibility index (Phi) is 2.89. The highest BCUT2D eigenvalue weighted by atomic mass is 19.1. The van der Waals surface area contributed by atoms with Crippen LogP contribution < -0.4 is 5.73 Å². The van der Waals surface area contributed by atoms with Crippen molar-refractivity contribution in [2.75, 3.05) is 5.73 Å².